The van der Waals surface area contributed by atoms with E-state index in [1.807, 2.05) is 32.9 Å². The first kappa shape index (κ1) is 23.9. The summed E-state index contributed by atoms with van der Waals surface area (Å²) in [5.41, 5.74) is 3.11. The Labute approximate surface area is 203 Å². The van der Waals surface area contributed by atoms with E-state index in [9.17, 15) is 9.59 Å². The molecule has 35 heavy (non-hydrogen) atoms. The Morgan fingerprint density at radius 2 is 1.63 bits per heavy atom. The van der Waals surface area contributed by atoms with E-state index in [2.05, 4.69) is 5.32 Å². The van der Waals surface area contributed by atoms with Crippen LogP contribution in [0.2, 0.25) is 0 Å². The second-order valence-electron chi connectivity index (χ2n) is 8.07. The summed E-state index contributed by atoms with van der Waals surface area (Å²) in [6, 6.07) is 17.8. The van der Waals surface area contributed by atoms with Gasteiger partial charge in [0.05, 0.1) is 19.1 Å². The number of benzene rings is 3. The van der Waals surface area contributed by atoms with Gasteiger partial charge in [-0.1, -0.05) is 6.07 Å². The van der Waals surface area contributed by atoms with Crippen LogP contribution in [0.25, 0.3) is 22.3 Å². The molecule has 0 radical (unpaired) electrons. The lowest BCUT2D eigenvalue weighted by molar-refractivity contribution is -0.118. The van der Waals surface area contributed by atoms with Crippen LogP contribution in [0, 0.1) is 13.8 Å². The number of amides is 1. The highest BCUT2D eigenvalue weighted by molar-refractivity contribution is 5.92. The van der Waals surface area contributed by atoms with Crippen LogP contribution >= 0.6 is 0 Å². The molecule has 1 heterocycles. The summed E-state index contributed by atoms with van der Waals surface area (Å²) in [4.78, 5) is 26.1. The van der Waals surface area contributed by atoms with Crippen molar-refractivity contribution in [3.63, 3.8) is 0 Å². The molecule has 0 aliphatic rings. The van der Waals surface area contributed by atoms with E-state index in [0.29, 0.717) is 40.3 Å². The highest BCUT2D eigenvalue weighted by Gasteiger charge is 2.20. The van der Waals surface area contributed by atoms with Crippen molar-refractivity contribution in [2.75, 3.05) is 25.6 Å². The van der Waals surface area contributed by atoms with Gasteiger partial charge < -0.3 is 23.9 Å². The summed E-state index contributed by atoms with van der Waals surface area (Å²) in [5, 5.41) is 3.19. The molecule has 0 unspecified atom stereocenters. The molecule has 0 bridgehead atoms. The zero-order valence-corrected chi connectivity index (χ0v) is 20.1. The monoisotopic (exact) mass is 473 g/mol. The van der Waals surface area contributed by atoms with Crippen LogP contribution in [0.3, 0.4) is 0 Å². The lowest BCUT2D eigenvalue weighted by atomic mass is 10.0. The fraction of sp³-hybridized carbons (Fsp3) is 0.214. The lowest BCUT2D eigenvalue weighted by Gasteiger charge is -2.13. The van der Waals surface area contributed by atoms with Gasteiger partial charge in [0.1, 0.15) is 17.1 Å². The normalized spacial score (nSPS) is 10.7. The molecule has 3 aromatic carbocycles. The van der Waals surface area contributed by atoms with Crippen LogP contribution in [0.4, 0.5) is 5.69 Å². The minimum absolute atomic E-state index is 0.0172. The van der Waals surface area contributed by atoms with Crippen molar-refractivity contribution >= 4 is 22.6 Å². The van der Waals surface area contributed by atoms with Crippen molar-refractivity contribution in [3.05, 3.63) is 82.0 Å². The largest absolute Gasteiger partial charge is 0.497 e. The van der Waals surface area contributed by atoms with Gasteiger partial charge >= 0.3 is 0 Å². The van der Waals surface area contributed by atoms with E-state index in [1.54, 1.807) is 55.6 Å². The Bertz CT molecular complexity index is 1410. The second kappa shape index (κ2) is 10.3. The molecule has 180 valence electrons. The molecule has 1 N–H and O–H groups in total. The summed E-state index contributed by atoms with van der Waals surface area (Å²) >= 11 is 0. The van der Waals surface area contributed by atoms with Crippen molar-refractivity contribution < 1.29 is 23.4 Å². The van der Waals surface area contributed by atoms with E-state index >= 15 is 0 Å². The third-order valence-corrected chi connectivity index (χ3v) is 5.44. The molecule has 4 rings (SSSR count). The number of carbonyl (C=O) groups is 1. The highest BCUT2D eigenvalue weighted by atomic mass is 16.5. The average Bonchev–Trinajstić information content (AvgIpc) is 2.84. The number of nitrogens with one attached hydrogen (secondary N) is 1. The number of rotatable bonds is 8. The molecule has 1 aromatic heterocycles. The fourth-order valence-electron chi connectivity index (χ4n) is 3.87. The maximum Gasteiger partial charge on any atom is 0.262 e. The Balaban J connectivity index is 1.66. The van der Waals surface area contributed by atoms with E-state index in [1.165, 1.54) is 0 Å². The number of anilines is 1. The molecule has 7 heteroatoms. The minimum Gasteiger partial charge on any atom is -0.497 e. The molecular weight excluding hydrogens is 446 g/mol. The summed E-state index contributed by atoms with van der Waals surface area (Å²) in [7, 11) is 1.58. The molecule has 0 atom stereocenters. The van der Waals surface area contributed by atoms with E-state index in [-0.39, 0.29) is 23.5 Å². The predicted molar refractivity (Wildman–Crippen MR) is 136 cm³/mol. The summed E-state index contributed by atoms with van der Waals surface area (Å²) in [5.74, 6) is 1.21. The summed E-state index contributed by atoms with van der Waals surface area (Å²) in [6.07, 6.45) is 0. The predicted octanol–water partition coefficient (Wildman–Crippen LogP) is 5.50. The first-order valence-corrected chi connectivity index (χ1v) is 11.3. The molecule has 1 amide bonds. The molecule has 4 aromatic rings. The SMILES string of the molecule is CCOc1ccc(NC(=O)COc2c(-c3ccc(OC)cc3)oc3cc(C)cc(C)c3c2=O)cc1. The van der Waals surface area contributed by atoms with Crippen molar-refractivity contribution in [1.29, 1.82) is 0 Å². The zero-order valence-electron chi connectivity index (χ0n) is 20.1. The maximum atomic E-state index is 13.5. The summed E-state index contributed by atoms with van der Waals surface area (Å²) in [6.45, 7) is 5.89. The van der Waals surface area contributed by atoms with E-state index in [0.717, 1.165) is 11.1 Å². The summed E-state index contributed by atoms with van der Waals surface area (Å²) < 4.78 is 22.6. The van der Waals surface area contributed by atoms with Gasteiger partial charge in [-0.15, -0.1) is 0 Å². The van der Waals surface area contributed by atoms with Crippen molar-refractivity contribution in [3.8, 4) is 28.6 Å². The molecule has 0 saturated heterocycles. The van der Waals surface area contributed by atoms with Gasteiger partial charge in [0.25, 0.3) is 5.91 Å². The fourth-order valence-corrected chi connectivity index (χ4v) is 3.87. The Morgan fingerprint density at radius 3 is 2.29 bits per heavy atom. The van der Waals surface area contributed by atoms with Crippen LogP contribution < -0.4 is 25.0 Å². The third-order valence-electron chi connectivity index (χ3n) is 5.44. The van der Waals surface area contributed by atoms with Gasteiger partial charge in [-0.2, -0.15) is 0 Å². The highest BCUT2D eigenvalue weighted by Crippen LogP contribution is 2.33. The van der Waals surface area contributed by atoms with E-state index < -0.39 is 5.91 Å². The molecule has 0 saturated carbocycles. The first-order valence-electron chi connectivity index (χ1n) is 11.3. The van der Waals surface area contributed by atoms with Crippen LogP contribution in [0.1, 0.15) is 18.1 Å². The van der Waals surface area contributed by atoms with Gasteiger partial charge in [-0.25, -0.2) is 0 Å². The van der Waals surface area contributed by atoms with Gasteiger partial charge in [-0.05, 0) is 86.5 Å². The average molecular weight is 474 g/mol. The van der Waals surface area contributed by atoms with Crippen LogP contribution in [-0.2, 0) is 4.79 Å². The molecular formula is C28H27NO6. The Kier molecular flexibility index (Phi) is 7.06. The van der Waals surface area contributed by atoms with Crippen molar-refractivity contribution in [2.45, 2.75) is 20.8 Å². The lowest BCUT2D eigenvalue weighted by Crippen LogP contribution is -2.22. The molecule has 0 aliphatic heterocycles. The number of carbonyl (C=O) groups excluding carboxylic acids is 1. The molecule has 0 fully saturated rings. The number of methoxy groups -OCH3 is 1. The third kappa shape index (κ3) is 5.30. The quantitative estimate of drug-likeness (QED) is 0.364. The molecule has 0 aliphatic carbocycles. The van der Waals surface area contributed by atoms with Gasteiger partial charge in [0.2, 0.25) is 11.2 Å². The number of aryl methyl sites for hydroxylation is 2. The van der Waals surface area contributed by atoms with E-state index in [4.69, 9.17) is 18.6 Å². The van der Waals surface area contributed by atoms with Gasteiger partial charge in [-0.3, -0.25) is 9.59 Å². The zero-order chi connectivity index (χ0) is 24.9. The van der Waals surface area contributed by atoms with Gasteiger partial charge in [0, 0.05) is 11.3 Å². The smallest absolute Gasteiger partial charge is 0.262 e. The van der Waals surface area contributed by atoms with Crippen molar-refractivity contribution in [2.24, 2.45) is 0 Å². The Morgan fingerprint density at radius 1 is 0.943 bits per heavy atom. The van der Waals surface area contributed by atoms with Crippen molar-refractivity contribution in [1.82, 2.24) is 0 Å². The van der Waals surface area contributed by atoms with Crippen LogP contribution in [-0.4, -0.2) is 26.2 Å². The van der Waals surface area contributed by atoms with Crippen LogP contribution in [0.15, 0.2) is 69.9 Å². The first-order chi connectivity index (χ1) is 16.9. The maximum absolute atomic E-state index is 13.5. The Hall–Kier alpha value is -4.26. The number of hydrogen-bond donors (Lipinski definition) is 1. The second-order valence-corrected chi connectivity index (χ2v) is 8.07. The number of ether oxygens (including phenoxy) is 3. The van der Waals surface area contributed by atoms with Crippen LogP contribution in [0.5, 0.6) is 17.2 Å². The topological polar surface area (TPSA) is 87.0 Å². The number of hydrogen-bond acceptors (Lipinski definition) is 6. The number of fused-ring (bicyclic) bond motifs is 1. The minimum atomic E-state index is -0.407. The molecule has 0 spiro atoms. The standard InChI is InChI=1S/C28H27NO6/c1-5-33-22-12-8-20(9-13-22)29-24(30)16-34-28-26(31)25-18(3)14-17(2)15-23(25)35-27(28)19-6-10-21(32-4)11-7-19/h6-15H,5,16H2,1-4H3,(H,29,30). The molecule has 7 nitrogen and oxygen atoms in total. The van der Waals surface area contributed by atoms with Gasteiger partial charge in [0.15, 0.2) is 12.4 Å².